The van der Waals surface area contributed by atoms with Crippen molar-refractivity contribution in [2.45, 2.75) is 39.5 Å². The maximum Gasteiger partial charge on any atom is 0.182 e. The Kier molecular flexibility index (Phi) is 4.15. The van der Waals surface area contributed by atoms with Crippen molar-refractivity contribution < 1.29 is 9.32 Å². The number of terminal acetylenes is 1. The number of nitrogens with zero attached hydrogens (tertiary/aromatic N) is 1. The van der Waals surface area contributed by atoms with Crippen molar-refractivity contribution in [3.05, 3.63) is 39.3 Å². The van der Waals surface area contributed by atoms with Crippen LogP contribution >= 0.6 is 11.6 Å². The zero-order valence-electron chi connectivity index (χ0n) is 11.8. The van der Waals surface area contributed by atoms with Gasteiger partial charge in [0.15, 0.2) is 11.5 Å². The van der Waals surface area contributed by atoms with E-state index in [4.69, 9.17) is 22.5 Å². The number of hydrogen-bond donors (Lipinski definition) is 0. The minimum absolute atomic E-state index is 0.0499. The number of aromatic nitrogens is 1. The third kappa shape index (κ3) is 2.71. The van der Waals surface area contributed by atoms with Crippen molar-refractivity contribution in [3.8, 4) is 12.3 Å². The summed E-state index contributed by atoms with van der Waals surface area (Å²) < 4.78 is 5.31. The summed E-state index contributed by atoms with van der Waals surface area (Å²) in [6.45, 7) is 5.73. The normalized spacial score (nSPS) is 15.6. The summed E-state index contributed by atoms with van der Waals surface area (Å²) in [4.78, 5) is 11.8. The fraction of sp³-hybridized carbons (Fsp3) is 0.375. The van der Waals surface area contributed by atoms with Crippen LogP contribution in [0.4, 0.5) is 0 Å². The van der Waals surface area contributed by atoms with E-state index in [1.54, 1.807) is 13.0 Å². The lowest BCUT2D eigenvalue weighted by Gasteiger charge is -2.13. The third-order valence-electron chi connectivity index (χ3n) is 3.35. The van der Waals surface area contributed by atoms with Gasteiger partial charge in [0.05, 0.1) is 5.56 Å². The number of rotatable bonds is 3. The summed E-state index contributed by atoms with van der Waals surface area (Å²) in [7, 11) is 0. The molecule has 0 aliphatic heterocycles. The van der Waals surface area contributed by atoms with Crippen molar-refractivity contribution in [2.24, 2.45) is 0 Å². The smallest absolute Gasteiger partial charge is 0.182 e. The highest BCUT2D eigenvalue weighted by Crippen LogP contribution is 2.29. The lowest BCUT2D eigenvalue weighted by Crippen LogP contribution is -2.07. The van der Waals surface area contributed by atoms with Gasteiger partial charge in [-0.1, -0.05) is 42.1 Å². The molecule has 0 unspecified atom stereocenters. The van der Waals surface area contributed by atoms with Gasteiger partial charge in [-0.25, -0.2) is 0 Å². The molecule has 0 bridgehead atoms. The largest absolute Gasteiger partial charge is 0.359 e. The topological polar surface area (TPSA) is 43.1 Å². The summed E-state index contributed by atoms with van der Waals surface area (Å²) in [5.74, 6) is 3.47. The molecule has 0 fully saturated rings. The minimum Gasteiger partial charge on any atom is -0.359 e. The molecule has 0 atom stereocenters. The van der Waals surface area contributed by atoms with Gasteiger partial charge in [0, 0.05) is 29.4 Å². The predicted molar refractivity (Wildman–Crippen MR) is 78.5 cm³/mol. The highest BCUT2D eigenvalue weighted by Gasteiger charge is 2.21. The zero-order valence-corrected chi connectivity index (χ0v) is 12.5. The maximum atomic E-state index is 11.8. The second kappa shape index (κ2) is 5.68. The van der Waals surface area contributed by atoms with Crippen LogP contribution in [0, 0.1) is 12.3 Å². The van der Waals surface area contributed by atoms with E-state index in [1.165, 1.54) is 0 Å². The van der Waals surface area contributed by atoms with E-state index in [1.807, 2.05) is 13.8 Å². The van der Waals surface area contributed by atoms with E-state index < -0.39 is 0 Å². The quantitative estimate of drug-likeness (QED) is 0.796. The van der Waals surface area contributed by atoms with Crippen LogP contribution in [0.1, 0.15) is 50.1 Å². The summed E-state index contributed by atoms with van der Waals surface area (Å²) in [5.41, 5.74) is 2.90. The van der Waals surface area contributed by atoms with Crippen LogP contribution in [0.2, 0.25) is 0 Å². The Bertz CT molecular complexity index is 657. The first-order chi connectivity index (χ1) is 9.43. The van der Waals surface area contributed by atoms with E-state index in [2.05, 4.69) is 11.1 Å². The molecule has 0 saturated heterocycles. The fourth-order valence-corrected chi connectivity index (χ4v) is 2.41. The molecule has 0 radical (unpaired) electrons. The Hall–Kier alpha value is -1.79. The van der Waals surface area contributed by atoms with Gasteiger partial charge in [0.25, 0.3) is 0 Å². The fourth-order valence-electron chi connectivity index (χ4n) is 2.15. The molecule has 0 spiro atoms. The van der Waals surface area contributed by atoms with Gasteiger partial charge in [-0.2, -0.15) is 0 Å². The summed E-state index contributed by atoms with van der Waals surface area (Å²) in [6.07, 6.45) is 8.21. The van der Waals surface area contributed by atoms with Gasteiger partial charge in [-0.3, -0.25) is 4.79 Å². The Morgan fingerprint density at radius 2 is 2.25 bits per heavy atom. The van der Waals surface area contributed by atoms with Crippen LogP contribution < -0.4 is 0 Å². The molecule has 0 amide bonds. The van der Waals surface area contributed by atoms with Gasteiger partial charge in [-0.05, 0) is 13.0 Å². The number of hydrogen-bond acceptors (Lipinski definition) is 3. The molecule has 4 heteroatoms. The summed E-state index contributed by atoms with van der Waals surface area (Å²) >= 11 is 6.09. The van der Waals surface area contributed by atoms with Gasteiger partial charge in [-0.15, -0.1) is 6.42 Å². The average molecular weight is 290 g/mol. The molecule has 1 aromatic rings. The molecular weight excluding hydrogens is 274 g/mol. The molecule has 0 N–H and O–H groups in total. The minimum atomic E-state index is -0.0499. The first kappa shape index (κ1) is 14.6. The first-order valence-electron chi connectivity index (χ1n) is 6.48. The standard InChI is InChI=1S/C16H16ClNO2/c1-5-12-14(18-20-16(12)9(2)3)7-11-6-13(17)10(4)15(19)8-11/h1,8-9H,6-7H2,2-4H3. The van der Waals surface area contributed by atoms with Gasteiger partial charge in [0.1, 0.15) is 5.69 Å². The molecule has 0 saturated carbocycles. The van der Waals surface area contributed by atoms with Crippen molar-refractivity contribution in [1.82, 2.24) is 5.16 Å². The Labute approximate surface area is 123 Å². The Balaban J connectivity index is 2.27. The van der Waals surface area contributed by atoms with Crippen molar-refractivity contribution in [2.75, 3.05) is 0 Å². The number of carbonyl (C=O) groups is 1. The van der Waals surface area contributed by atoms with Crippen molar-refractivity contribution in [1.29, 1.82) is 0 Å². The van der Waals surface area contributed by atoms with E-state index in [9.17, 15) is 4.79 Å². The number of ketones is 1. The van der Waals surface area contributed by atoms with Crippen LogP contribution in [0.5, 0.6) is 0 Å². The monoisotopic (exact) mass is 289 g/mol. The van der Waals surface area contributed by atoms with Gasteiger partial charge < -0.3 is 4.52 Å². The van der Waals surface area contributed by atoms with E-state index in [0.29, 0.717) is 40.5 Å². The van der Waals surface area contributed by atoms with Crippen LogP contribution in [0.3, 0.4) is 0 Å². The molecular formula is C16H16ClNO2. The van der Waals surface area contributed by atoms with E-state index in [0.717, 1.165) is 5.57 Å². The number of halogens is 1. The maximum absolute atomic E-state index is 11.8. The second-order valence-corrected chi connectivity index (χ2v) is 5.67. The van der Waals surface area contributed by atoms with Crippen LogP contribution in [-0.2, 0) is 11.2 Å². The van der Waals surface area contributed by atoms with Crippen molar-refractivity contribution >= 4 is 17.4 Å². The summed E-state index contributed by atoms with van der Waals surface area (Å²) in [6, 6.07) is 0. The van der Waals surface area contributed by atoms with Crippen LogP contribution in [0.25, 0.3) is 0 Å². The van der Waals surface area contributed by atoms with Crippen LogP contribution in [0.15, 0.2) is 26.8 Å². The lowest BCUT2D eigenvalue weighted by molar-refractivity contribution is -0.111. The van der Waals surface area contributed by atoms with Gasteiger partial charge >= 0.3 is 0 Å². The molecule has 1 heterocycles. The number of allylic oxidation sites excluding steroid dienone is 4. The highest BCUT2D eigenvalue weighted by atomic mass is 35.5. The third-order valence-corrected chi connectivity index (χ3v) is 3.76. The van der Waals surface area contributed by atoms with E-state index in [-0.39, 0.29) is 11.7 Å². The second-order valence-electron chi connectivity index (χ2n) is 5.22. The lowest BCUT2D eigenvalue weighted by atomic mass is 9.94. The summed E-state index contributed by atoms with van der Waals surface area (Å²) in [5, 5.41) is 4.63. The molecule has 2 rings (SSSR count). The molecule has 1 aromatic heterocycles. The van der Waals surface area contributed by atoms with E-state index >= 15 is 0 Å². The molecule has 3 nitrogen and oxygen atoms in total. The first-order valence-corrected chi connectivity index (χ1v) is 6.85. The molecule has 1 aliphatic carbocycles. The molecule has 104 valence electrons. The average Bonchev–Trinajstić information content (AvgIpc) is 2.78. The molecule has 20 heavy (non-hydrogen) atoms. The number of carbonyl (C=O) groups excluding carboxylic acids is 1. The molecule has 0 aromatic carbocycles. The Morgan fingerprint density at radius 3 is 2.80 bits per heavy atom. The van der Waals surface area contributed by atoms with Crippen LogP contribution in [-0.4, -0.2) is 10.9 Å². The van der Waals surface area contributed by atoms with Gasteiger partial charge in [0.2, 0.25) is 0 Å². The molecule has 1 aliphatic rings. The SMILES string of the molecule is C#Cc1c(CC2=CC(=O)C(C)=C(Cl)C2)noc1C(C)C. The Morgan fingerprint density at radius 1 is 1.55 bits per heavy atom. The highest BCUT2D eigenvalue weighted by molar-refractivity contribution is 6.33. The predicted octanol–water partition coefficient (Wildman–Crippen LogP) is 3.73. The zero-order chi connectivity index (χ0) is 14.9. The van der Waals surface area contributed by atoms with Crippen molar-refractivity contribution in [3.63, 3.8) is 0 Å².